The van der Waals surface area contributed by atoms with Gasteiger partial charge in [0.1, 0.15) is 0 Å². The van der Waals surface area contributed by atoms with E-state index >= 15 is 0 Å². The monoisotopic (exact) mass is 288 g/mol. The van der Waals surface area contributed by atoms with Crippen molar-refractivity contribution in [2.24, 2.45) is 5.73 Å². The molecule has 0 bridgehead atoms. The van der Waals surface area contributed by atoms with Gasteiger partial charge in [0, 0.05) is 57.1 Å². The Kier molecular flexibility index (Phi) is 4.22. The molecule has 2 fully saturated rings. The molecule has 1 aliphatic heterocycles. The van der Waals surface area contributed by atoms with Crippen LogP contribution in [0.25, 0.3) is 0 Å². The minimum absolute atomic E-state index is 0.203. The van der Waals surface area contributed by atoms with Gasteiger partial charge < -0.3 is 10.6 Å². The van der Waals surface area contributed by atoms with Crippen molar-refractivity contribution in [2.45, 2.75) is 37.8 Å². The summed E-state index contributed by atoms with van der Waals surface area (Å²) in [6, 6.07) is 4.10. The molecule has 1 aromatic rings. The van der Waals surface area contributed by atoms with Crippen LogP contribution in [0, 0.1) is 0 Å². The molecular formula is C16H24N4O. The summed E-state index contributed by atoms with van der Waals surface area (Å²) in [6.45, 7) is 4.45. The van der Waals surface area contributed by atoms with Crippen molar-refractivity contribution in [3.05, 3.63) is 30.1 Å². The van der Waals surface area contributed by atoms with Gasteiger partial charge in [0.15, 0.2) is 0 Å². The highest BCUT2D eigenvalue weighted by molar-refractivity contribution is 5.77. The number of nitrogens with zero attached hydrogens (tertiary/aromatic N) is 3. The second-order valence-corrected chi connectivity index (χ2v) is 6.41. The summed E-state index contributed by atoms with van der Waals surface area (Å²) in [6.07, 6.45) is 7.35. The van der Waals surface area contributed by atoms with E-state index in [0.29, 0.717) is 6.42 Å². The normalized spacial score (nSPS) is 21.9. The third-order valence-electron chi connectivity index (χ3n) is 4.73. The second-order valence-electron chi connectivity index (χ2n) is 6.41. The third kappa shape index (κ3) is 3.60. The number of hydrogen-bond donors (Lipinski definition) is 1. The molecule has 0 unspecified atom stereocenters. The van der Waals surface area contributed by atoms with Gasteiger partial charge in [0.25, 0.3) is 0 Å². The molecule has 5 nitrogen and oxygen atoms in total. The average molecular weight is 288 g/mol. The predicted octanol–water partition coefficient (Wildman–Crippen LogP) is 0.997. The van der Waals surface area contributed by atoms with Crippen molar-refractivity contribution in [3.63, 3.8) is 0 Å². The molecule has 1 aliphatic carbocycles. The fourth-order valence-corrected chi connectivity index (χ4v) is 3.12. The predicted molar refractivity (Wildman–Crippen MR) is 81.5 cm³/mol. The maximum atomic E-state index is 12.3. The quantitative estimate of drug-likeness (QED) is 0.898. The maximum absolute atomic E-state index is 12.3. The van der Waals surface area contributed by atoms with E-state index in [1.807, 2.05) is 29.4 Å². The molecule has 2 aliphatic rings. The topological polar surface area (TPSA) is 62.5 Å². The molecule has 1 aromatic heterocycles. The highest BCUT2D eigenvalue weighted by Gasteiger charge is 2.36. The number of nitrogens with two attached hydrogens (primary N) is 1. The largest absolute Gasteiger partial charge is 0.340 e. The molecule has 1 saturated heterocycles. The molecule has 0 radical (unpaired) electrons. The van der Waals surface area contributed by atoms with Crippen molar-refractivity contribution in [1.82, 2.24) is 14.8 Å². The zero-order chi connectivity index (χ0) is 14.7. The molecule has 1 amide bonds. The Balaban J connectivity index is 1.45. The summed E-state index contributed by atoms with van der Waals surface area (Å²) in [5.74, 6) is 0.237. The maximum Gasteiger partial charge on any atom is 0.224 e. The molecule has 0 aromatic carbocycles. The van der Waals surface area contributed by atoms with Crippen LogP contribution in [0.2, 0.25) is 0 Å². The van der Waals surface area contributed by atoms with Crippen LogP contribution in [-0.4, -0.2) is 52.4 Å². The highest BCUT2D eigenvalue weighted by atomic mass is 16.2. The number of carbonyl (C=O) groups excluding carboxylic acids is 1. The van der Waals surface area contributed by atoms with Crippen LogP contribution >= 0.6 is 0 Å². The number of carbonyl (C=O) groups is 1. The summed E-state index contributed by atoms with van der Waals surface area (Å²) >= 11 is 0. The van der Waals surface area contributed by atoms with Gasteiger partial charge in [0.05, 0.1) is 0 Å². The Bertz CT molecular complexity index is 478. The Morgan fingerprint density at radius 2 is 1.86 bits per heavy atom. The van der Waals surface area contributed by atoms with Gasteiger partial charge in [-0.15, -0.1) is 0 Å². The summed E-state index contributed by atoms with van der Waals surface area (Å²) in [5, 5.41) is 0. The molecule has 0 atom stereocenters. The molecular weight excluding hydrogens is 264 g/mol. The van der Waals surface area contributed by atoms with Crippen molar-refractivity contribution in [3.8, 4) is 0 Å². The SMILES string of the molecule is NC1(CC(=O)N2CCN(Cc3ccncc3)CC2)CCC1. The van der Waals surface area contributed by atoms with Gasteiger partial charge in [-0.3, -0.25) is 14.7 Å². The van der Waals surface area contributed by atoms with Crippen molar-refractivity contribution < 1.29 is 4.79 Å². The molecule has 21 heavy (non-hydrogen) atoms. The number of hydrogen-bond acceptors (Lipinski definition) is 4. The van der Waals surface area contributed by atoms with Crippen LogP contribution < -0.4 is 5.73 Å². The van der Waals surface area contributed by atoms with Crippen LogP contribution in [0.1, 0.15) is 31.2 Å². The van der Waals surface area contributed by atoms with Crippen molar-refractivity contribution >= 4 is 5.91 Å². The molecule has 5 heteroatoms. The average Bonchev–Trinajstić information content (AvgIpc) is 2.47. The first-order valence-electron chi connectivity index (χ1n) is 7.83. The van der Waals surface area contributed by atoms with E-state index in [0.717, 1.165) is 45.6 Å². The minimum atomic E-state index is -0.203. The fourth-order valence-electron chi connectivity index (χ4n) is 3.12. The van der Waals surface area contributed by atoms with E-state index in [1.54, 1.807) is 0 Å². The van der Waals surface area contributed by atoms with E-state index < -0.39 is 0 Å². The molecule has 3 rings (SSSR count). The van der Waals surface area contributed by atoms with Crippen LogP contribution in [-0.2, 0) is 11.3 Å². The van der Waals surface area contributed by atoms with Crippen LogP contribution in [0.5, 0.6) is 0 Å². The summed E-state index contributed by atoms with van der Waals surface area (Å²) in [4.78, 5) is 20.7. The number of piperazine rings is 1. The lowest BCUT2D eigenvalue weighted by Gasteiger charge is -2.41. The molecule has 2 heterocycles. The van der Waals surface area contributed by atoms with Crippen LogP contribution in [0.4, 0.5) is 0 Å². The number of amides is 1. The lowest BCUT2D eigenvalue weighted by atomic mass is 9.75. The first kappa shape index (κ1) is 14.5. The first-order chi connectivity index (χ1) is 10.1. The van der Waals surface area contributed by atoms with Crippen LogP contribution in [0.3, 0.4) is 0 Å². The Morgan fingerprint density at radius 3 is 2.43 bits per heavy atom. The molecule has 2 N–H and O–H groups in total. The number of aromatic nitrogens is 1. The molecule has 1 saturated carbocycles. The smallest absolute Gasteiger partial charge is 0.224 e. The van der Waals surface area contributed by atoms with Gasteiger partial charge in [-0.1, -0.05) is 0 Å². The standard InChI is InChI=1S/C16H24N4O/c17-16(4-1-5-16)12-15(21)20-10-8-19(9-11-20)13-14-2-6-18-7-3-14/h2-3,6-7H,1,4-5,8-13,17H2. The Morgan fingerprint density at radius 1 is 1.19 bits per heavy atom. The van der Waals surface area contributed by atoms with E-state index in [4.69, 9.17) is 5.73 Å². The lowest BCUT2D eigenvalue weighted by Crippen LogP contribution is -2.54. The zero-order valence-electron chi connectivity index (χ0n) is 12.5. The fraction of sp³-hybridized carbons (Fsp3) is 0.625. The van der Waals surface area contributed by atoms with E-state index in [9.17, 15) is 4.79 Å². The van der Waals surface area contributed by atoms with Crippen molar-refractivity contribution in [1.29, 1.82) is 0 Å². The third-order valence-corrected chi connectivity index (χ3v) is 4.73. The van der Waals surface area contributed by atoms with Gasteiger partial charge in [-0.2, -0.15) is 0 Å². The van der Waals surface area contributed by atoms with E-state index in [2.05, 4.69) is 9.88 Å². The van der Waals surface area contributed by atoms with Crippen LogP contribution in [0.15, 0.2) is 24.5 Å². The molecule has 114 valence electrons. The summed E-state index contributed by atoms with van der Waals surface area (Å²) in [5.41, 5.74) is 7.25. The van der Waals surface area contributed by atoms with Gasteiger partial charge in [-0.05, 0) is 37.0 Å². The number of rotatable bonds is 4. The Labute approximate surface area is 126 Å². The first-order valence-corrected chi connectivity index (χ1v) is 7.83. The second kappa shape index (κ2) is 6.12. The van der Waals surface area contributed by atoms with E-state index in [1.165, 1.54) is 12.0 Å². The van der Waals surface area contributed by atoms with Gasteiger partial charge in [-0.25, -0.2) is 0 Å². The van der Waals surface area contributed by atoms with Gasteiger partial charge >= 0.3 is 0 Å². The van der Waals surface area contributed by atoms with Gasteiger partial charge in [0.2, 0.25) is 5.91 Å². The van der Waals surface area contributed by atoms with Crippen molar-refractivity contribution in [2.75, 3.05) is 26.2 Å². The number of pyridine rings is 1. The highest BCUT2D eigenvalue weighted by Crippen LogP contribution is 2.32. The summed E-state index contributed by atoms with van der Waals surface area (Å²) < 4.78 is 0. The van der Waals surface area contributed by atoms with E-state index in [-0.39, 0.29) is 11.4 Å². The lowest BCUT2D eigenvalue weighted by molar-refractivity contribution is -0.135. The zero-order valence-corrected chi connectivity index (χ0v) is 12.5. The Hall–Kier alpha value is -1.46. The minimum Gasteiger partial charge on any atom is -0.340 e. The molecule has 0 spiro atoms. The summed E-state index contributed by atoms with van der Waals surface area (Å²) in [7, 11) is 0.